The number of fused-ring (bicyclic) bond motifs is 3. The van der Waals surface area contributed by atoms with Gasteiger partial charge in [0.2, 0.25) is 5.78 Å². The lowest BCUT2D eigenvalue weighted by molar-refractivity contribution is 0.597. The van der Waals surface area contributed by atoms with E-state index in [2.05, 4.69) is 16.8 Å². The van der Waals surface area contributed by atoms with Crippen molar-refractivity contribution in [2.45, 2.75) is 16.6 Å². The maximum absolute atomic E-state index is 12.8. The van der Waals surface area contributed by atoms with Crippen LogP contribution < -0.4 is 5.56 Å². The normalized spacial score (nSPS) is 11.9. The molecule has 0 saturated carbocycles. The number of rotatable bonds is 7. The fourth-order valence-corrected chi connectivity index (χ4v) is 5.72. The van der Waals surface area contributed by atoms with E-state index in [1.807, 2.05) is 12.1 Å². The van der Waals surface area contributed by atoms with Crippen LogP contribution in [-0.4, -0.2) is 39.1 Å². The van der Waals surface area contributed by atoms with Crippen molar-refractivity contribution < 1.29 is 8.42 Å². The summed E-state index contributed by atoms with van der Waals surface area (Å²) in [6.07, 6.45) is 1.63. The first-order valence-electron chi connectivity index (χ1n) is 8.91. The molecule has 29 heavy (non-hydrogen) atoms. The van der Waals surface area contributed by atoms with Crippen LogP contribution in [0, 0.1) is 0 Å². The van der Waals surface area contributed by atoms with Crippen LogP contribution in [-0.2, 0) is 16.4 Å². The lowest BCUT2D eigenvalue weighted by atomic mass is 10.2. The average molecular weight is 427 g/mol. The van der Waals surface area contributed by atoms with Crippen LogP contribution in [0.1, 0.15) is 0 Å². The molecule has 0 aliphatic carbocycles. The molecule has 2 heterocycles. The number of thioether (sulfide) groups is 1. The first-order chi connectivity index (χ1) is 14.0. The van der Waals surface area contributed by atoms with Gasteiger partial charge in [-0.05, 0) is 24.3 Å². The van der Waals surface area contributed by atoms with E-state index in [1.165, 1.54) is 16.3 Å². The van der Waals surface area contributed by atoms with E-state index in [1.54, 1.807) is 52.9 Å². The number of aromatic nitrogens is 4. The molecular formula is C20H18N4O3S2. The maximum atomic E-state index is 12.8. The fourth-order valence-electron chi connectivity index (χ4n) is 3.11. The third-order valence-electron chi connectivity index (χ3n) is 4.48. The molecule has 0 aliphatic heterocycles. The number of hydrogen-bond acceptors (Lipinski definition) is 6. The van der Waals surface area contributed by atoms with Gasteiger partial charge in [-0.25, -0.2) is 8.42 Å². The summed E-state index contributed by atoms with van der Waals surface area (Å²) < 4.78 is 28.3. The molecule has 0 amide bonds. The fraction of sp³-hybridized carbons (Fsp3) is 0.150. The van der Waals surface area contributed by atoms with Crippen molar-refractivity contribution in [3.8, 4) is 0 Å². The van der Waals surface area contributed by atoms with Crippen LogP contribution in [0.15, 0.2) is 82.1 Å². The molecule has 0 aliphatic rings. The Morgan fingerprint density at radius 1 is 1.03 bits per heavy atom. The van der Waals surface area contributed by atoms with E-state index >= 15 is 0 Å². The van der Waals surface area contributed by atoms with E-state index < -0.39 is 9.84 Å². The van der Waals surface area contributed by atoms with Gasteiger partial charge in [-0.3, -0.25) is 13.8 Å². The monoisotopic (exact) mass is 426 g/mol. The summed E-state index contributed by atoms with van der Waals surface area (Å²) in [5.41, 5.74) is 0.523. The van der Waals surface area contributed by atoms with Crippen molar-refractivity contribution in [2.24, 2.45) is 0 Å². The Labute approximate surface area is 171 Å². The van der Waals surface area contributed by atoms with Gasteiger partial charge in [0.25, 0.3) is 5.56 Å². The molecule has 0 unspecified atom stereocenters. The number of allylic oxidation sites excluding steroid dienone is 1. The van der Waals surface area contributed by atoms with Gasteiger partial charge < -0.3 is 0 Å². The summed E-state index contributed by atoms with van der Waals surface area (Å²) in [4.78, 5) is 13.1. The van der Waals surface area contributed by atoms with E-state index in [0.717, 1.165) is 0 Å². The largest absolute Gasteiger partial charge is 0.272 e. The first kappa shape index (κ1) is 19.4. The predicted octanol–water partition coefficient (Wildman–Crippen LogP) is 2.80. The second kappa shape index (κ2) is 7.84. The minimum absolute atomic E-state index is 0.0270. The molecule has 4 aromatic rings. The number of hydrogen-bond donors (Lipinski definition) is 0. The van der Waals surface area contributed by atoms with Gasteiger partial charge >= 0.3 is 0 Å². The van der Waals surface area contributed by atoms with Crippen molar-refractivity contribution in [1.82, 2.24) is 19.2 Å². The predicted molar refractivity (Wildman–Crippen MR) is 114 cm³/mol. The molecule has 7 nitrogen and oxygen atoms in total. The summed E-state index contributed by atoms with van der Waals surface area (Å²) in [6.45, 7) is 4.01. The third kappa shape index (κ3) is 3.58. The van der Waals surface area contributed by atoms with Crippen molar-refractivity contribution in [1.29, 1.82) is 0 Å². The van der Waals surface area contributed by atoms with Gasteiger partial charge in [0.15, 0.2) is 15.0 Å². The third-order valence-corrected chi connectivity index (χ3v) is 7.40. The number of para-hydroxylation sites is 1. The van der Waals surface area contributed by atoms with E-state index in [9.17, 15) is 13.2 Å². The molecule has 0 saturated heterocycles. The van der Waals surface area contributed by atoms with Gasteiger partial charge in [0.05, 0.1) is 21.6 Å². The summed E-state index contributed by atoms with van der Waals surface area (Å²) in [6, 6.07) is 15.6. The Kier molecular flexibility index (Phi) is 5.25. The van der Waals surface area contributed by atoms with Gasteiger partial charge in [-0.1, -0.05) is 48.2 Å². The van der Waals surface area contributed by atoms with Gasteiger partial charge in [0, 0.05) is 12.3 Å². The van der Waals surface area contributed by atoms with Crippen LogP contribution in [0.5, 0.6) is 0 Å². The molecule has 0 fully saturated rings. The molecule has 0 atom stereocenters. The van der Waals surface area contributed by atoms with Crippen LogP contribution in [0.25, 0.3) is 16.7 Å². The van der Waals surface area contributed by atoms with Crippen LogP contribution in [0.4, 0.5) is 0 Å². The minimum Gasteiger partial charge on any atom is -0.272 e. The maximum Gasteiger partial charge on any atom is 0.263 e. The lowest BCUT2D eigenvalue weighted by Crippen LogP contribution is -2.22. The molecule has 0 radical (unpaired) electrons. The highest BCUT2D eigenvalue weighted by Crippen LogP contribution is 2.22. The van der Waals surface area contributed by atoms with Crippen molar-refractivity contribution in [3.63, 3.8) is 0 Å². The molecule has 0 spiro atoms. The average Bonchev–Trinajstić information content (AvgIpc) is 3.15. The van der Waals surface area contributed by atoms with Gasteiger partial charge in [-0.2, -0.15) is 0 Å². The highest BCUT2D eigenvalue weighted by molar-refractivity contribution is 8.00. The summed E-state index contributed by atoms with van der Waals surface area (Å²) >= 11 is 1.29. The Balaban J connectivity index is 1.70. The second-order valence-electron chi connectivity index (χ2n) is 6.32. The first-order valence-corrected chi connectivity index (χ1v) is 11.5. The van der Waals surface area contributed by atoms with Gasteiger partial charge in [-0.15, -0.1) is 16.8 Å². The molecule has 4 rings (SSSR count). The topological polar surface area (TPSA) is 86.3 Å². The second-order valence-corrected chi connectivity index (χ2v) is 9.49. The molecule has 9 heteroatoms. The van der Waals surface area contributed by atoms with E-state index in [0.29, 0.717) is 39.0 Å². The standard InChI is InChI=1S/C20H18N4O3S2/c1-2-12-23-18(25)16-10-6-7-11-17(16)24-19(23)21-22-20(24)28-13-14-29(26,27)15-8-4-3-5-9-15/h2-11H,1,12-14H2. The summed E-state index contributed by atoms with van der Waals surface area (Å²) in [7, 11) is -3.38. The number of nitrogens with zero attached hydrogens (tertiary/aromatic N) is 4. The van der Waals surface area contributed by atoms with E-state index in [4.69, 9.17) is 0 Å². The van der Waals surface area contributed by atoms with Crippen LogP contribution in [0.2, 0.25) is 0 Å². The molecule has 0 N–H and O–H groups in total. The summed E-state index contributed by atoms with van der Waals surface area (Å²) in [5, 5.41) is 9.47. The molecule has 0 bridgehead atoms. The highest BCUT2D eigenvalue weighted by Gasteiger charge is 2.18. The smallest absolute Gasteiger partial charge is 0.263 e. The zero-order valence-corrected chi connectivity index (χ0v) is 17.1. The molecule has 2 aromatic heterocycles. The van der Waals surface area contributed by atoms with Crippen molar-refractivity contribution in [2.75, 3.05) is 11.5 Å². The Hall–Kier alpha value is -2.91. The quantitative estimate of drug-likeness (QED) is 0.334. The molecule has 148 valence electrons. The van der Waals surface area contributed by atoms with E-state index in [-0.39, 0.29) is 11.3 Å². The SMILES string of the molecule is C=CCn1c(=O)c2ccccc2n2c(SCCS(=O)(=O)c3ccccc3)nnc12. The molecule has 2 aromatic carbocycles. The number of benzene rings is 2. The van der Waals surface area contributed by atoms with Crippen LogP contribution >= 0.6 is 11.8 Å². The summed E-state index contributed by atoms with van der Waals surface area (Å²) in [5.74, 6) is 0.690. The van der Waals surface area contributed by atoms with Crippen molar-refractivity contribution in [3.05, 3.63) is 77.6 Å². The van der Waals surface area contributed by atoms with Crippen LogP contribution in [0.3, 0.4) is 0 Å². The lowest BCUT2D eigenvalue weighted by Gasteiger charge is -2.09. The Morgan fingerprint density at radius 2 is 1.76 bits per heavy atom. The Morgan fingerprint density at radius 3 is 2.52 bits per heavy atom. The van der Waals surface area contributed by atoms with Crippen molar-refractivity contribution >= 4 is 38.3 Å². The molecular weight excluding hydrogens is 408 g/mol. The number of sulfone groups is 1. The zero-order chi connectivity index (χ0) is 20.4. The zero-order valence-electron chi connectivity index (χ0n) is 15.4. The minimum atomic E-state index is -3.38. The Bertz CT molecular complexity index is 1360. The van der Waals surface area contributed by atoms with Gasteiger partial charge in [0.1, 0.15) is 0 Å². The highest BCUT2D eigenvalue weighted by atomic mass is 32.2.